The molecule has 7 heteroatoms. The van der Waals surface area contributed by atoms with Crippen LogP contribution in [0.4, 0.5) is 9.93 Å². The minimum Gasteiger partial charge on any atom is -0.314 e. The molecule has 1 atom stereocenters. The number of carbonyl (C=O) groups excluding carboxylic acids is 2. The van der Waals surface area contributed by atoms with Crippen molar-refractivity contribution in [2.45, 2.75) is 53.5 Å². The van der Waals surface area contributed by atoms with Crippen LogP contribution in [0.2, 0.25) is 0 Å². The third-order valence-corrected chi connectivity index (χ3v) is 6.43. The number of amides is 2. The van der Waals surface area contributed by atoms with Crippen molar-refractivity contribution in [3.63, 3.8) is 0 Å². The van der Waals surface area contributed by atoms with Gasteiger partial charge in [0.2, 0.25) is 0 Å². The normalized spacial score (nSPS) is 22.8. The SMILES string of the molecule is CC(C)N1CN(C)C(=O)N(c2nc3c(s2)C(=O)CC(C(C)(C)C)C3)C1. The number of thiazole rings is 1. The zero-order chi connectivity index (χ0) is 18.5. The van der Waals surface area contributed by atoms with Crippen LogP contribution in [0.1, 0.15) is 56.4 Å². The Labute approximate surface area is 153 Å². The van der Waals surface area contributed by atoms with Crippen molar-refractivity contribution < 1.29 is 9.59 Å². The molecule has 1 unspecified atom stereocenters. The van der Waals surface area contributed by atoms with Gasteiger partial charge in [0, 0.05) is 19.5 Å². The maximum absolute atomic E-state index is 12.6. The highest BCUT2D eigenvalue weighted by Crippen LogP contribution is 2.40. The number of ketones is 1. The van der Waals surface area contributed by atoms with E-state index in [1.165, 1.54) is 11.3 Å². The second-order valence-corrected chi connectivity index (χ2v) is 9.52. The van der Waals surface area contributed by atoms with Gasteiger partial charge in [0.05, 0.1) is 23.9 Å². The summed E-state index contributed by atoms with van der Waals surface area (Å²) in [4.78, 5) is 36.3. The van der Waals surface area contributed by atoms with Gasteiger partial charge in [-0.05, 0) is 31.6 Å². The largest absolute Gasteiger partial charge is 0.328 e. The van der Waals surface area contributed by atoms with Crippen LogP contribution in [-0.2, 0) is 6.42 Å². The Morgan fingerprint density at radius 3 is 2.44 bits per heavy atom. The molecule has 1 fully saturated rings. The maximum atomic E-state index is 12.6. The Hall–Kier alpha value is -1.47. The van der Waals surface area contributed by atoms with Gasteiger partial charge < -0.3 is 4.90 Å². The Morgan fingerprint density at radius 2 is 1.84 bits per heavy atom. The van der Waals surface area contributed by atoms with E-state index in [4.69, 9.17) is 4.98 Å². The third-order valence-electron chi connectivity index (χ3n) is 5.27. The zero-order valence-electron chi connectivity index (χ0n) is 16.0. The molecule has 1 saturated heterocycles. The second-order valence-electron chi connectivity index (χ2n) is 8.54. The minimum atomic E-state index is -0.0529. The number of aromatic nitrogens is 1. The summed E-state index contributed by atoms with van der Waals surface area (Å²) in [5.41, 5.74) is 0.945. The summed E-state index contributed by atoms with van der Waals surface area (Å²) in [6, 6.07) is 0.280. The molecule has 3 rings (SSSR count). The number of hydrogen-bond acceptors (Lipinski definition) is 5. The van der Waals surface area contributed by atoms with Gasteiger partial charge in [0.25, 0.3) is 0 Å². The van der Waals surface area contributed by atoms with Gasteiger partial charge in [-0.2, -0.15) is 0 Å². The first-order valence-corrected chi connectivity index (χ1v) is 9.69. The molecule has 0 bridgehead atoms. The third kappa shape index (κ3) is 3.44. The van der Waals surface area contributed by atoms with E-state index in [9.17, 15) is 9.59 Å². The molecule has 1 aromatic rings. The zero-order valence-corrected chi connectivity index (χ0v) is 16.8. The van der Waals surface area contributed by atoms with Gasteiger partial charge in [-0.15, -0.1) is 0 Å². The lowest BCUT2D eigenvalue weighted by atomic mass is 9.73. The Balaban J connectivity index is 1.90. The molecular formula is C18H28N4O2S. The van der Waals surface area contributed by atoms with Crippen LogP contribution in [0.3, 0.4) is 0 Å². The predicted molar refractivity (Wildman–Crippen MR) is 100 cm³/mol. The van der Waals surface area contributed by atoms with Crippen LogP contribution in [0.5, 0.6) is 0 Å². The topological polar surface area (TPSA) is 56.8 Å². The van der Waals surface area contributed by atoms with E-state index >= 15 is 0 Å². The first-order chi connectivity index (χ1) is 11.6. The van der Waals surface area contributed by atoms with Crippen molar-refractivity contribution in [2.75, 3.05) is 25.3 Å². The molecule has 2 aliphatic rings. The summed E-state index contributed by atoms with van der Waals surface area (Å²) >= 11 is 1.37. The van der Waals surface area contributed by atoms with E-state index in [2.05, 4.69) is 39.5 Å². The molecular weight excluding hydrogens is 336 g/mol. The van der Waals surface area contributed by atoms with Crippen molar-refractivity contribution in [1.29, 1.82) is 0 Å². The van der Waals surface area contributed by atoms with Crippen molar-refractivity contribution in [3.05, 3.63) is 10.6 Å². The number of Topliss-reactive ketones (excluding diaryl/α,β-unsaturated/α-hetero) is 1. The minimum absolute atomic E-state index is 0.0529. The van der Waals surface area contributed by atoms with Crippen LogP contribution in [0, 0.1) is 11.3 Å². The summed E-state index contributed by atoms with van der Waals surface area (Å²) in [5.74, 6) is 0.470. The number of rotatable bonds is 2. The van der Waals surface area contributed by atoms with E-state index in [-0.39, 0.29) is 17.2 Å². The van der Waals surface area contributed by atoms with Crippen LogP contribution in [-0.4, -0.2) is 53.0 Å². The van der Waals surface area contributed by atoms with Crippen LogP contribution in [0.25, 0.3) is 0 Å². The van der Waals surface area contributed by atoms with Crippen LogP contribution in [0.15, 0.2) is 0 Å². The number of nitrogens with zero attached hydrogens (tertiary/aromatic N) is 4. The van der Waals surface area contributed by atoms with Crippen LogP contribution < -0.4 is 4.90 Å². The van der Waals surface area contributed by atoms with Crippen molar-refractivity contribution in [1.82, 2.24) is 14.8 Å². The molecule has 0 radical (unpaired) electrons. The fourth-order valence-corrected chi connectivity index (χ4v) is 4.37. The van der Waals surface area contributed by atoms with E-state index in [0.717, 1.165) is 17.0 Å². The average Bonchev–Trinajstić information content (AvgIpc) is 2.93. The van der Waals surface area contributed by atoms with E-state index in [0.29, 0.717) is 36.8 Å². The molecule has 138 valence electrons. The van der Waals surface area contributed by atoms with Gasteiger partial charge >= 0.3 is 6.03 Å². The molecule has 0 saturated carbocycles. The second kappa shape index (κ2) is 6.36. The fraction of sp³-hybridized carbons (Fsp3) is 0.722. The molecule has 0 spiro atoms. The number of hydrogen-bond donors (Lipinski definition) is 0. The van der Waals surface area contributed by atoms with Gasteiger partial charge in [0.1, 0.15) is 0 Å². The van der Waals surface area contributed by atoms with E-state index in [1.807, 2.05) is 0 Å². The van der Waals surface area contributed by atoms with Crippen molar-refractivity contribution in [2.24, 2.45) is 11.3 Å². The summed E-state index contributed by atoms with van der Waals surface area (Å²) in [6.07, 6.45) is 1.39. The summed E-state index contributed by atoms with van der Waals surface area (Å²) in [7, 11) is 1.80. The van der Waals surface area contributed by atoms with Gasteiger partial charge in [-0.3, -0.25) is 14.6 Å². The number of carbonyl (C=O) groups is 2. The van der Waals surface area contributed by atoms with Crippen LogP contribution >= 0.6 is 11.3 Å². The molecule has 1 aliphatic carbocycles. The quantitative estimate of drug-likeness (QED) is 0.807. The first-order valence-electron chi connectivity index (χ1n) is 8.87. The van der Waals surface area contributed by atoms with Gasteiger partial charge in [0.15, 0.2) is 10.9 Å². The summed E-state index contributed by atoms with van der Waals surface area (Å²) in [6.45, 7) is 11.9. The highest BCUT2D eigenvalue weighted by atomic mass is 32.1. The Kier molecular flexibility index (Phi) is 4.66. The molecule has 1 aliphatic heterocycles. The molecule has 0 aromatic carbocycles. The maximum Gasteiger partial charge on any atom is 0.328 e. The predicted octanol–water partition coefficient (Wildman–Crippen LogP) is 3.43. The highest BCUT2D eigenvalue weighted by Gasteiger charge is 2.38. The number of fused-ring (bicyclic) bond motifs is 1. The van der Waals surface area contributed by atoms with E-state index in [1.54, 1.807) is 16.8 Å². The first kappa shape index (κ1) is 18.3. The lowest BCUT2D eigenvalue weighted by Gasteiger charge is -2.41. The van der Waals surface area contributed by atoms with Gasteiger partial charge in [-0.1, -0.05) is 32.1 Å². The molecule has 6 nitrogen and oxygen atoms in total. The smallest absolute Gasteiger partial charge is 0.314 e. The standard InChI is InChI=1S/C18H28N4O2S/c1-11(2)21-9-20(6)17(24)22(10-21)16-19-13-7-12(18(3,4)5)8-14(23)15(13)25-16/h11-12H,7-10H2,1-6H3. The summed E-state index contributed by atoms with van der Waals surface area (Å²) in [5, 5.41) is 0.648. The average molecular weight is 365 g/mol. The highest BCUT2D eigenvalue weighted by molar-refractivity contribution is 7.17. The summed E-state index contributed by atoms with van der Waals surface area (Å²) < 4.78 is 0. The Bertz CT molecular complexity index is 692. The molecule has 0 N–H and O–H groups in total. The lowest BCUT2D eigenvalue weighted by molar-refractivity contribution is 0.0897. The number of anilines is 1. The fourth-order valence-electron chi connectivity index (χ4n) is 3.34. The number of urea groups is 1. The van der Waals surface area contributed by atoms with E-state index < -0.39 is 0 Å². The van der Waals surface area contributed by atoms with Gasteiger partial charge in [-0.25, -0.2) is 9.78 Å². The molecule has 2 heterocycles. The molecule has 25 heavy (non-hydrogen) atoms. The molecule has 2 amide bonds. The Morgan fingerprint density at radius 1 is 1.16 bits per heavy atom. The lowest BCUT2D eigenvalue weighted by Crippen LogP contribution is -2.58. The van der Waals surface area contributed by atoms with Crippen molar-refractivity contribution >= 4 is 28.3 Å². The van der Waals surface area contributed by atoms with Crippen molar-refractivity contribution in [3.8, 4) is 0 Å². The monoisotopic (exact) mass is 364 g/mol. The molecule has 1 aromatic heterocycles.